The standard InChI is InChI=1S/C20H20F5N3O5S/c1-10(18(2,21)22)32-14-5-4-12(34(3,30)31)6-13(14)15(29)28-8-11-7-19(11,9-28)16-26-27-17(33-16)20(23,24)25/h4-6,10-11H,7-9H2,1-3H3/t10-,11?,19?/m0/s1. The number of alkyl halides is 5. The summed E-state index contributed by atoms with van der Waals surface area (Å²) in [6.07, 6.45) is -5.08. The molecule has 2 fully saturated rings. The number of nitrogens with zero attached hydrogens (tertiary/aromatic N) is 3. The molecule has 34 heavy (non-hydrogen) atoms. The van der Waals surface area contributed by atoms with Gasteiger partial charge in [0.15, 0.2) is 15.9 Å². The minimum atomic E-state index is -4.81. The van der Waals surface area contributed by atoms with Crippen LogP contribution in [0.1, 0.15) is 42.4 Å². The van der Waals surface area contributed by atoms with Gasteiger partial charge in [0.1, 0.15) is 5.75 Å². The van der Waals surface area contributed by atoms with Gasteiger partial charge in [0.05, 0.1) is 15.9 Å². The fourth-order valence-corrected chi connectivity index (χ4v) is 4.63. The second-order valence-electron chi connectivity index (χ2n) is 8.80. The van der Waals surface area contributed by atoms with Crippen molar-refractivity contribution >= 4 is 15.7 Å². The number of sulfone groups is 1. The Hall–Kier alpha value is -2.77. The Balaban J connectivity index is 1.63. The Labute approximate surface area is 191 Å². The van der Waals surface area contributed by atoms with E-state index in [0.717, 1.165) is 31.4 Å². The molecule has 1 amide bonds. The molecule has 186 valence electrons. The summed E-state index contributed by atoms with van der Waals surface area (Å²) in [5.41, 5.74) is -1.19. The summed E-state index contributed by atoms with van der Waals surface area (Å²) in [6, 6.07) is 3.31. The minimum Gasteiger partial charge on any atom is -0.484 e. The smallest absolute Gasteiger partial charge is 0.470 e. The zero-order valence-corrected chi connectivity index (χ0v) is 19.0. The first-order chi connectivity index (χ1) is 15.5. The second kappa shape index (κ2) is 7.62. The van der Waals surface area contributed by atoms with Crippen LogP contribution in [0, 0.1) is 5.92 Å². The van der Waals surface area contributed by atoms with E-state index < -0.39 is 45.3 Å². The molecule has 4 rings (SSSR count). The summed E-state index contributed by atoms with van der Waals surface area (Å²) < 4.78 is 100.0. The Morgan fingerprint density at radius 2 is 1.94 bits per heavy atom. The van der Waals surface area contributed by atoms with Crippen molar-refractivity contribution in [2.45, 2.75) is 48.8 Å². The molecule has 14 heteroatoms. The van der Waals surface area contributed by atoms with E-state index in [0.29, 0.717) is 13.3 Å². The van der Waals surface area contributed by atoms with Gasteiger partial charge in [-0.15, -0.1) is 10.2 Å². The first-order valence-corrected chi connectivity index (χ1v) is 12.0. The Kier molecular flexibility index (Phi) is 5.46. The number of hydrogen-bond acceptors (Lipinski definition) is 7. The molecular formula is C20H20F5N3O5S. The van der Waals surface area contributed by atoms with Crippen LogP contribution >= 0.6 is 0 Å². The molecule has 1 saturated heterocycles. The van der Waals surface area contributed by atoms with Crippen LogP contribution < -0.4 is 4.74 Å². The molecule has 1 aromatic heterocycles. The molecule has 2 unspecified atom stereocenters. The highest BCUT2D eigenvalue weighted by Crippen LogP contribution is 2.59. The van der Waals surface area contributed by atoms with Crippen LogP contribution in [0.4, 0.5) is 22.0 Å². The molecule has 1 saturated carbocycles. The number of fused-ring (bicyclic) bond motifs is 1. The highest BCUT2D eigenvalue weighted by atomic mass is 32.2. The molecule has 0 bridgehead atoms. The summed E-state index contributed by atoms with van der Waals surface area (Å²) in [7, 11) is -3.74. The number of carbonyl (C=O) groups is 1. The number of aromatic nitrogens is 2. The zero-order valence-electron chi connectivity index (χ0n) is 18.2. The van der Waals surface area contributed by atoms with Gasteiger partial charge in [0, 0.05) is 26.3 Å². The van der Waals surface area contributed by atoms with Crippen LogP contribution in [-0.2, 0) is 21.4 Å². The molecule has 1 aliphatic heterocycles. The van der Waals surface area contributed by atoms with E-state index in [1.807, 2.05) is 0 Å². The molecule has 3 atom stereocenters. The number of halogens is 5. The Morgan fingerprint density at radius 3 is 2.50 bits per heavy atom. The van der Waals surface area contributed by atoms with Gasteiger partial charge in [-0.1, -0.05) is 0 Å². The largest absolute Gasteiger partial charge is 0.484 e. The van der Waals surface area contributed by atoms with E-state index in [9.17, 15) is 35.2 Å². The van der Waals surface area contributed by atoms with Crippen molar-refractivity contribution in [3.63, 3.8) is 0 Å². The average molecular weight is 509 g/mol. The summed E-state index contributed by atoms with van der Waals surface area (Å²) in [5, 5.41) is 6.55. The van der Waals surface area contributed by atoms with Crippen molar-refractivity contribution in [3.8, 4) is 5.75 Å². The van der Waals surface area contributed by atoms with Gasteiger partial charge in [0.25, 0.3) is 11.8 Å². The summed E-state index contributed by atoms with van der Waals surface area (Å²) >= 11 is 0. The van der Waals surface area contributed by atoms with Crippen LogP contribution in [0.2, 0.25) is 0 Å². The van der Waals surface area contributed by atoms with Crippen LogP contribution in [0.25, 0.3) is 0 Å². The maximum Gasteiger partial charge on any atom is 0.470 e. The van der Waals surface area contributed by atoms with Crippen molar-refractivity contribution < 1.29 is 44.3 Å². The molecule has 0 radical (unpaired) electrons. The van der Waals surface area contributed by atoms with E-state index in [1.165, 1.54) is 4.90 Å². The monoisotopic (exact) mass is 509 g/mol. The first-order valence-electron chi connectivity index (χ1n) is 10.1. The van der Waals surface area contributed by atoms with Crippen LogP contribution in [-0.4, -0.2) is 60.8 Å². The number of amides is 1. The van der Waals surface area contributed by atoms with Crippen LogP contribution in [0.15, 0.2) is 27.5 Å². The van der Waals surface area contributed by atoms with Gasteiger partial charge in [0.2, 0.25) is 5.89 Å². The third-order valence-corrected chi connectivity index (χ3v) is 7.26. The van der Waals surface area contributed by atoms with Gasteiger partial charge in [-0.2, -0.15) is 13.2 Å². The lowest BCUT2D eigenvalue weighted by Gasteiger charge is -2.25. The highest BCUT2D eigenvalue weighted by molar-refractivity contribution is 7.90. The van der Waals surface area contributed by atoms with Crippen LogP contribution in [0.5, 0.6) is 5.75 Å². The van der Waals surface area contributed by atoms with Crippen molar-refractivity contribution in [1.29, 1.82) is 0 Å². The van der Waals surface area contributed by atoms with Gasteiger partial charge >= 0.3 is 12.1 Å². The number of carbonyl (C=O) groups excluding carboxylic acids is 1. The maximum absolute atomic E-state index is 13.7. The Bertz CT molecular complexity index is 1240. The normalized spacial score (nSPS) is 23.5. The number of rotatable bonds is 6. The maximum atomic E-state index is 13.7. The lowest BCUT2D eigenvalue weighted by Crippen LogP contribution is -2.35. The Morgan fingerprint density at radius 1 is 1.26 bits per heavy atom. The molecule has 0 N–H and O–H groups in total. The van der Waals surface area contributed by atoms with Crippen LogP contribution in [0.3, 0.4) is 0 Å². The number of hydrogen-bond donors (Lipinski definition) is 0. The summed E-state index contributed by atoms with van der Waals surface area (Å²) in [6.45, 7) is 1.82. The molecule has 1 aliphatic carbocycles. The third kappa shape index (κ3) is 4.34. The van der Waals surface area contributed by atoms with Gasteiger partial charge in [-0.05, 0) is 37.5 Å². The molecule has 2 heterocycles. The van der Waals surface area contributed by atoms with E-state index in [-0.39, 0.29) is 41.1 Å². The van der Waals surface area contributed by atoms with Gasteiger partial charge in [-0.3, -0.25) is 4.79 Å². The van der Waals surface area contributed by atoms with Crippen molar-refractivity contribution in [1.82, 2.24) is 15.1 Å². The SMILES string of the molecule is C[C@H](Oc1ccc(S(C)(=O)=O)cc1C(=O)N1CC2CC2(c2nnc(C(F)(F)F)o2)C1)C(C)(F)F. The zero-order chi connectivity index (χ0) is 25.3. The van der Waals surface area contributed by atoms with E-state index in [4.69, 9.17) is 9.15 Å². The average Bonchev–Trinajstić information content (AvgIpc) is 3.07. The fraction of sp³-hybridized carbons (Fsp3) is 0.550. The lowest BCUT2D eigenvalue weighted by atomic mass is 10.1. The number of likely N-dealkylation sites (tertiary alicyclic amines) is 1. The molecule has 2 aromatic rings. The molecule has 8 nitrogen and oxygen atoms in total. The van der Waals surface area contributed by atoms with Gasteiger partial charge < -0.3 is 14.1 Å². The predicted octanol–water partition coefficient (Wildman–Crippen LogP) is 3.33. The van der Waals surface area contributed by atoms with Gasteiger partial charge in [-0.25, -0.2) is 17.2 Å². The predicted molar refractivity (Wildman–Crippen MR) is 105 cm³/mol. The minimum absolute atomic E-state index is 0.0575. The lowest BCUT2D eigenvalue weighted by molar-refractivity contribution is -0.157. The number of benzene rings is 1. The summed E-state index contributed by atoms with van der Waals surface area (Å²) in [4.78, 5) is 14.4. The number of ether oxygens (including phenoxy) is 1. The quantitative estimate of drug-likeness (QED) is 0.551. The highest BCUT2D eigenvalue weighted by Gasteiger charge is 2.65. The first kappa shape index (κ1) is 24.4. The van der Waals surface area contributed by atoms with E-state index in [2.05, 4.69) is 10.2 Å². The van der Waals surface area contributed by atoms with E-state index in [1.54, 1.807) is 0 Å². The molecular weight excluding hydrogens is 489 g/mol. The fourth-order valence-electron chi connectivity index (χ4n) is 3.98. The summed E-state index contributed by atoms with van der Waals surface area (Å²) in [5.74, 6) is -6.16. The second-order valence-corrected chi connectivity index (χ2v) is 10.8. The topological polar surface area (TPSA) is 103 Å². The van der Waals surface area contributed by atoms with Crippen molar-refractivity contribution in [2.75, 3.05) is 19.3 Å². The molecule has 1 aromatic carbocycles. The third-order valence-electron chi connectivity index (χ3n) is 6.15. The van der Waals surface area contributed by atoms with Crippen molar-refractivity contribution in [3.05, 3.63) is 35.5 Å². The van der Waals surface area contributed by atoms with Crippen molar-refractivity contribution in [2.24, 2.45) is 5.92 Å². The number of piperidine rings is 1. The molecule has 2 aliphatic rings. The molecule has 0 spiro atoms. The van der Waals surface area contributed by atoms with E-state index >= 15 is 0 Å².